The van der Waals surface area contributed by atoms with Crippen LogP contribution in [0.4, 0.5) is 11.4 Å². The molecule has 5 nitrogen and oxygen atoms in total. The number of anilines is 2. The summed E-state index contributed by atoms with van der Waals surface area (Å²) in [5.41, 5.74) is 4.41. The molecule has 0 fully saturated rings. The van der Waals surface area contributed by atoms with Gasteiger partial charge in [-0.2, -0.15) is 0 Å². The summed E-state index contributed by atoms with van der Waals surface area (Å²) in [6.07, 6.45) is 0. The molecule has 2 aromatic rings. The minimum Gasteiger partial charge on any atom is -0.484 e. The standard InChI is InChI=1S/C23H31N3O2S/c1-6-26(7-2)19-10-8-18(9-11-19)24-23(29)25-22(27)15-28-20-12-13-21(16(3)4)17(5)14-20/h8-14,16H,6-7,15H2,1-5H3,(H2,24,25,27,29). The van der Waals surface area contributed by atoms with E-state index in [9.17, 15) is 4.79 Å². The van der Waals surface area contributed by atoms with E-state index in [-0.39, 0.29) is 17.6 Å². The van der Waals surface area contributed by atoms with Crippen LogP contribution in [0.15, 0.2) is 42.5 Å². The number of nitrogens with zero attached hydrogens (tertiary/aromatic N) is 1. The van der Waals surface area contributed by atoms with Crippen molar-refractivity contribution in [2.45, 2.75) is 40.5 Å². The number of rotatable bonds is 8. The van der Waals surface area contributed by atoms with Gasteiger partial charge in [0.15, 0.2) is 11.7 Å². The molecule has 1 amide bonds. The van der Waals surface area contributed by atoms with E-state index < -0.39 is 0 Å². The Morgan fingerprint density at radius 1 is 1.10 bits per heavy atom. The van der Waals surface area contributed by atoms with Gasteiger partial charge in [0.05, 0.1) is 0 Å². The first-order valence-corrected chi connectivity index (χ1v) is 10.4. The Bertz CT molecular complexity index is 831. The third-order valence-electron chi connectivity index (χ3n) is 4.74. The summed E-state index contributed by atoms with van der Waals surface area (Å²) in [7, 11) is 0. The highest BCUT2D eigenvalue weighted by Crippen LogP contribution is 2.23. The topological polar surface area (TPSA) is 53.6 Å². The Morgan fingerprint density at radius 3 is 2.31 bits per heavy atom. The second-order valence-corrected chi connectivity index (χ2v) is 7.59. The number of carbonyl (C=O) groups is 1. The fourth-order valence-corrected chi connectivity index (χ4v) is 3.44. The van der Waals surface area contributed by atoms with Crippen LogP contribution in [-0.4, -0.2) is 30.7 Å². The molecule has 0 saturated heterocycles. The van der Waals surface area contributed by atoms with E-state index in [1.807, 2.05) is 49.4 Å². The smallest absolute Gasteiger partial charge is 0.264 e. The molecule has 29 heavy (non-hydrogen) atoms. The lowest BCUT2D eigenvalue weighted by Crippen LogP contribution is -2.37. The molecule has 0 atom stereocenters. The van der Waals surface area contributed by atoms with Crippen molar-refractivity contribution in [2.75, 3.05) is 29.9 Å². The lowest BCUT2D eigenvalue weighted by atomic mass is 9.98. The molecule has 0 aromatic heterocycles. The molecule has 156 valence electrons. The van der Waals surface area contributed by atoms with Gasteiger partial charge in [-0.1, -0.05) is 19.9 Å². The van der Waals surface area contributed by atoms with Crippen molar-refractivity contribution in [3.63, 3.8) is 0 Å². The maximum atomic E-state index is 12.1. The largest absolute Gasteiger partial charge is 0.484 e. The zero-order chi connectivity index (χ0) is 21.4. The van der Waals surface area contributed by atoms with E-state index in [2.05, 4.69) is 43.2 Å². The first-order chi connectivity index (χ1) is 13.8. The third-order valence-corrected chi connectivity index (χ3v) is 4.94. The van der Waals surface area contributed by atoms with Gasteiger partial charge in [-0.05, 0) is 86.4 Å². The first-order valence-electron chi connectivity index (χ1n) is 10.0. The Balaban J connectivity index is 1.83. The van der Waals surface area contributed by atoms with E-state index in [4.69, 9.17) is 17.0 Å². The maximum Gasteiger partial charge on any atom is 0.264 e. The van der Waals surface area contributed by atoms with E-state index in [0.717, 1.165) is 30.0 Å². The molecular formula is C23H31N3O2S. The number of carbonyl (C=O) groups excluding carboxylic acids is 1. The summed E-state index contributed by atoms with van der Waals surface area (Å²) in [5.74, 6) is 0.831. The van der Waals surface area contributed by atoms with Gasteiger partial charge >= 0.3 is 0 Å². The van der Waals surface area contributed by atoms with Crippen LogP contribution >= 0.6 is 12.2 Å². The average Bonchev–Trinajstić information content (AvgIpc) is 2.68. The highest BCUT2D eigenvalue weighted by molar-refractivity contribution is 7.80. The van der Waals surface area contributed by atoms with Crippen molar-refractivity contribution >= 4 is 34.6 Å². The second kappa shape index (κ2) is 10.8. The van der Waals surface area contributed by atoms with Gasteiger partial charge in [0, 0.05) is 24.5 Å². The van der Waals surface area contributed by atoms with Gasteiger partial charge in [-0.25, -0.2) is 0 Å². The molecule has 0 heterocycles. The molecule has 2 rings (SSSR count). The highest BCUT2D eigenvalue weighted by Gasteiger charge is 2.09. The summed E-state index contributed by atoms with van der Waals surface area (Å²) >= 11 is 5.23. The van der Waals surface area contributed by atoms with Gasteiger partial charge in [-0.3, -0.25) is 10.1 Å². The predicted molar refractivity (Wildman–Crippen MR) is 125 cm³/mol. The van der Waals surface area contributed by atoms with Gasteiger partial charge in [0.25, 0.3) is 5.91 Å². The highest BCUT2D eigenvalue weighted by atomic mass is 32.1. The monoisotopic (exact) mass is 413 g/mol. The van der Waals surface area contributed by atoms with Gasteiger partial charge in [0.2, 0.25) is 0 Å². The van der Waals surface area contributed by atoms with Crippen LogP contribution in [0.25, 0.3) is 0 Å². The molecule has 0 saturated carbocycles. The summed E-state index contributed by atoms with van der Waals surface area (Å²) in [4.78, 5) is 14.4. The molecule has 0 radical (unpaired) electrons. The van der Waals surface area contributed by atoms with Crippen molar-refractivity contribution in [1.82, 2.24) is 5.32 Å². The zero-order valence-corrected chi connectivity index (χ0v) is 18.7. The Morgan fingerprint density at radius 2 is 1.76 bits per heavy atom. The van der Waals surface area contributed by atoms with Crippen LogP contribution < -0.4 is 20.3 Å². The number of nitrogens with one attached hydrogen (secondary N) is 2. The lowest BCUT2D eigenvalue weighted by Gasteiger charge is -2.21. The quantitative estimate of drug-likeness (QED) is 0.606. The van der Waals surface area contributed by atoms with Gasteiger partial charge in [-0.15, -0.1) is 0 Å². The third kappa shape index (κ3) is 6.75. The molecule has 0 bridgehead atoms. The molecule has 2 aromatic carbocycles. The van der Waals surface area contributed by atoms with Crippen molar-refractivity contribution < 1.29 is 9.53 Å². The summed E-state index contributed by atoms with van der Waals surface area (Å²) < 4.78 is 5.60. The number of thiocarbonyl (C=S) groups is 1. The maximum absolute atomic E-state index is 12.1. The van der Waals surface area contributed by atoms with E-state index in [1.165, 1.54) is 5.56 Å². The van der Waals surface area contributed by atoms with Crippen LogP contribution in [0.2, 0.25) is 0 Å². The fraction of sp³-hybridized carbons (Fsp3) is 0.391. The van der Waals surface area contributed by atoms with Gasteiger partial charge in [0.1, 0.15) is 5.75 Å². The van der Waals surface area contributed by atoms with E-state index in [1.54, 1.807) is 0 Å². The summed E-state index contributed by atoms with van der Waals surface area (Å²) in [6, 6.07) is 13.9. The van der Waals surface area contributed by atoms with Crippen molar-refractivity contribution in [3.8, 4) is 5.75 Å². The molecule has 0 aliphatic heterocycles. The van der Waals surface area contributed by atoms with Crippen molar-refractivity contribution in [1.29, 1.82) is 0 Å². The van der Waals surface area contributed by atoms with Crippen LogP contribution in [0.1, 0.15) is 44.7 Å². The van der Waals surface area contributed by atoms with Crippen LogP contribution in [-0.2, 0) is 4.79 Å². The Labute approximate surface area is 179 Å². The number of hydrogen-bond donors (Lipinski definition) is 2. The Kier molecular flexibility index (Phi) is 8.46. The number of amides is 1. The van der Waals surface area contributed by atoms with Crippen LogP contribution in [0.3, 0.4) is 0 Å². The SMILES string of the molecule is CCN(CC)c1ccc(NC(=S)NC(=O)COc2ccc(C(C)C)c(C)c2)cc1. The second-order valence-electron chi connectivity index (χ2n) is 7.18. The fourth-order valence-electron chi connectivity index (χ4n) is 3.20. The molecule has 6 heteroatoms. The average molecular weight is 414 g/mol. The van der Waals surface area contributed by atoms with Crippen LogP contribution in [0, 0.1) is 6.92 Å². The van der Waals surface area contributed by atoms with E-state index in [0.29, 0.717) is 11.7 Å². The predicted octanol–water partition coefficient (Wildman–Crippen LogP) is 4.86. The normalized spacial score (nSPS) is 10.6. The number of aryl methyl sites for hydroxylation is 1. The number of ether oxygens (including phenoxy) is 1. The number of benzene rings is 2. The molecule has 0 aliphatic rings. The lowest BCUT2D eigenvalue weighted by molar-refractivity contribution is -0.121. The molecule has 0 spiro atoms. The Hall–Kier alpha value is -2.60. The molecule has 0 unspecified atom stereocenters. The molecular weight excluding hydrogens is 382 g/mol. The van der Waals surface area contributed by atoms with Gasteiger partial charge < -0.3 is 15.0 Å². The van der Waals surface area contributed by atoms with Crippen LogP contribution in [0.5, 0.6) is 5.75 Å². The number of hydrogen-bond acceptors (Lipinski definition) is 4. The first kappa shape index (κ1) is 22.7. The van der Waals surface area contributed by atoms with E-state index >= 15 is 0 Å². The summed E-state index contributed by atoms with van der Waals surface area (Å²) in [5, 5.41) is 5.93. The zero-order valence-electron chi connectivity index (χ0n) is 17.9. The minimum absolute atomic E-state index is 0.0941. The van der Waals surface area contributed by atoms with Crippen molar-refractivity contribution in [2.24, 2.45) is 0 Å². The molecule has 2 N–H and O–H groups in total. The minimum atomic E-state index is -0.298. The van der Waals surface area contributed by atoms with Crippen molar-refractivity contribution in [3.05, 3.63) is 53.6 Å². The summed E-state index contributed by atoms with van der Waals surface area (Å²) in [6.45, 7) is 12.4. The molecule has 0 aliphatic carbocycles.